The highest BCUT2D eigenvalue weighted by atomic mass is 127. The Morgan fingerprint density at radius 2 is 2.25 bits per heavy atom. The molecule has 0 unspecified atom stereocenters. The molecule has 2 N–H and O–H groups in total. The summed E-state index contributed by atoms with van der Waals surface area (Å²) in [4.78, 5) is 11.3. The van der Waals surface area contributed by atoms with E-state index in [0.717, 1.165) is 5.56 Å². The Hall–Kier alpha value is -0.580. The van der Waals surface area contributed by atoms with Crippen molar-refractivity contribution in [3.63, 3.8) is 0 Å². The van der Waals surface area contributed by atoms with Gasteiger partial charge in [-0.15, -0.1) is 0 Å². The second kappa shape index (κ2) is 3.89. The number of carbonyl (C=O) groups excluding carboxylic acids is 1. The first-order valence-corrected chi connectivity index (χ1v) is 5.13. The van der Waals surface area contributed by atoms with Gasteiger partial charge in [-0.25, -0.2) is 0 Å². The summed E-state index contributed by atoms with van der Waals surface area (Å²) in [7, 11) is 0. The van der Waals surface area contributed by atoms with Crippen LogP contribution in [-0.2, 0) is 0 Å². The van der Waals surface area contributed by atoms with Crippen molar-refractivity contribution in [1.29, 1.82) is 0 Å². The number of aryl methyl sites for hydroxylation is 1. The maximum absolute atomic E-state index is 11.3. The summed E-state index contributed by atoms with van der Waals surface area (Å²) in [5, 5.41) is 0. The molecular weight excluding hydrogens is 265 g/mol. The molecule has 0 bridgehead atoms. The first-order chi connectivity index (χ1) is 5.65. The van der Waals surface area contributed by atoms with Gasteiger partial charge in [-0.2, -0.15) is 0 Å². The number of alkyl halides is 1. The maximum atomic E-state index is 11.3. The average Bonchev–Trinajstić information content (AvgIpc) is 2.08. The number of rotatable bonds is 2. The van der Waals surface area contributed by atoms with Gasteiger partial charge < -0.3 is 5.73 Å². The van der Waals surface area contributed by atoms with Crippen LogP contribution in [0.4, 0.5) is 5.69 Å². The zero-order valence-corrected chi connectivity index (χ0v) is 8.96. The third-order valence-electron chi connectivity index (χ3n) is 1.63. The number of ketones is 1. The van der Waals surface area contributed by atoms with Crippen molar-refractivity contribution < 1.29 is 4.79 Å². The van der Waals surface area contributed by atoms with Crippen LogP contribution in [0.15, 0.2) is 18.2 Å². The quantitative estimate of drug-likeness (QED) is 0.389. The monoisotopic (exact) mass is 275 g/mol. The van der Waals surface area contributed by atoms with E-state index in [1.165, 1.54) is 0 Å². The molecule has 0 saturated carbocycles. The van der Waals surface area contributed by atoms with Gasteiger partial charge in [-0.1, -0.05) is 34.2 Å². The van der Waals surface area contributed by atoms with Gasteiger partial charge in [0.25, 0.3) is 0 Å². The van der Waals surface area contributed by atoms with Gasteiger partial charge in [0, 0.05) is 11.3 Å². The summed E-state index contributed by atoms with van der Waals surface area (Å²) in [6.07, 6.45) is 0. The van der Waals surface area contributed by atoms with E-state index in [1.807, 2.05) is 41.6 Å². The number of halogens is 1. The van der Waals surface area contributed by atoms with Gasteiger partial charge in [0.1, 0.15) is 0 Å². The van der Waals surface area contributed by atoms with Crippen LogP contribution in [0.25, 0.3) is 0 Å². The highest BCUT2D eigenvalue weighted by molar-refractivity contribution is 14.1. The van der Waals surface area contributed by atoms with Crippen LogP contribution in [-0.4, -0.2) is 10.2 Å². The number of carbonyl (C=O) groups is 1. The average molecular weight is 275 g/mol. The highest BCUT2D eigenvalue weighted by Gasteiger charge is 2.07. The maximum Gasteiger partial charge on any atom is 0.174 e. The Kier molecular flexibility index (Phi) is 3.08. The molecule has 0 heterocycles. The molecule has 64 valence electrons. The molecule has 0 amide bonds. The summed E-state index contributed by atoms with van der Waals surface area (Å²) in [6, 6.07) is 5.50. The smallest absolute Gasteiger partial charge is 0.174 e. The fourth-order valence-corrected chi connectivity index (χ4v) is 1.39. The Labute approximate surface area is 85.3 Å². The van der Waals surface area contributed by atoms with Gasteiger partial charge in [0.2, 0.25) is 0 Å². The molecule has 0 aliphatic rings. The predicted molar refractivity (Wildman–Crippen MR) is 58.8 cm³/mol. The van der Waals surface area contributed by atoms with Gasteiger partial charge in [-0.05, 0) is 19.1 Å². The zero-order valence-electron chi connectivity index (χ0n) is 6.80. The molecule has 1 rings (SSSR count). The second-order valence-electron chi connectivity index (χ2n) is 2.65. The second-order valence-corrected chi connectivity index (χ2v) is 3.41. The molecule has 0 atom stereocenters. The minimum Gasteiger partial charge on any atom is -0.398 e. The topological polar surface area (TPSA) is 43.1 Å². The molecule has 12 heavy (non-hydrogen) atoms. The fourth-order valence-electron chi connectivity index (χ4n) is 0.984. The van der Waals surface area contributed by atoms with Crippen molar-refractivity contribution in [3.05, 3.63) is 29.3 Å². The summed E-state index contributed by atoms with van der Waals surface area (Å²) < 4.78 is 0.478. The fraction of sp³-hybridized carbons (Fsp3) is 0.222. The van der Waals surface area contributed by atoms with E-state index in [4.69, 9.17) is 5.73 Å². The summed E-state index contributed by atoms with van der Waals surface area (Å²) in [6.45, 7) is 1.95. The molecule has 0 spiro atoms. The van der Waals surface area contributed by atoms with Gasteiger partial charge >= 0.3 is 0 Å². The normalized spacial score (nSPS) is 9.83. The molecule has 0 aliphatic heterocycles. The van der Waals surface area contributed by atoms with Crippen LogP contribution in [0.5, 0.6) is 0 Å². The zero-order chi connectivity index (χ0) is 9.14. The number of hydrogen-bond acceptors (Lipinski definition) is 2. The molecule has 0 aromatic heterocycles. The molecule has 1 aromatic carbocycles. The first kappa shape index (κ1) is 9.51. The van der Waals surface area contributed by atoms with Gasteiger partial charge in [0.05, 0.1) is 4.43 Å². The highest BCUT2D eigenvalue weighted by Crippen LogP contribution is 2.14. The molecule has 0 fully saturated rings. The third kappa shape index (κ3) is 1.97. The Morgan fingerprint density at radius 3 is 2.83 bits per heavy atom. The summed E-state index contributed by atoms with van der Waals surface area (Å²) in [5.41, 5.74) is 7.92. The molecule has 3 heteroatoms. The van der Waals surface area contributed by atoms with E-state index in [-0.39, 0.29) is 5.78 Å². The summed E-state index contributed by atoms with van der Waals surface area (Å²) in [5.74, 6) is 0.0943. The van der Waals surface area contributed by atoms with Crippen molar-refractivity contribution in [2.24, 2.45) is 0 Å². The van der Waals surface area contributed by atoms with Crippen LogP contribution in [0.1, 0.15) is 15.9 Å². The standard InChI is InChI=1S/C9H10INO/c1-6-2-3-8(11)7(4-6)9(12)5-10/h2-4H,5,11H2,1H3. The lowest BCUT2D eigenvalue weighted by molar-refractivity contribution is 0.102. The van der Waals surface area contributed by atoms with Crippen molar-refractivity contribution in [2.75, 3.05) is 10.2 Å². The largest absolute Gasteiger partial charge is 0.398 e. The van der Waals surface area contributed by atoms with Crippen molar-refractivity contribution in [3.8, 4) is 0 Å². The molecule has 0 radical (unpaired) electrons. The van der Waals surface area contributed by atoms with E-state index in [9.17, 15) is 4.79 Å². The van der Waals surface area contributed by atoms with Crippen molar-refractivity contribution in [2.45, 2.75) is 6.92 Å². The minimum atomic E-state index is 0.0943. The number of nitrogens with two attached hydrogens (primary N) is 1. The van der Waals surface area contributed by atoms with Crippen LogP contribution < -0.4 is 5.73 Å². The van der Waals surface area contributed by atoms with Crippen LogP contribution in [0.3, 0.4) is 0 Å². The molecule has 0 aliphatic carbocycles. The molecular formula is C9H10INO. The number of Topliss-reactive ketones (excluding diaryl/α,β-unsaturated/α-hetero) is 1. The lowest BCUT2D eigenvalue weighted by Gasteiger charge is -2.02. The van der Waals surface area contributed by atoms with Crippen molar-refractivity contribution >= 4 is 34.1 Å². The van der Waals surface area contributed by atoms with Gasteiger partial charge in [-0.3, -0.25) is 4.79 Å². The lowest BCUT2D eigenvalue weighted by Crippen LogP contribution is -2.04. The Bertz CT molecular complexity index is 309. The lowest BCUT2D eigenvalue weighted by atomic mass is 10.1. The number of hydrogen-bond donors (Lipinski definition) is 1. The van der Waals surface area contributed by atoms with Crippen LogP contribution in [0, 0.1) is 6.92 Å². The molecule has 0 saturated heterocycles. The first-order valence-electron chi connectivity index (χ1n) is 3.60. The molecule has 1 aromatic rings. The molecule has 2 nitrogen and oxygen atoms in total. The van der Waals surface area contributed by atoms with Crippen LogP contribution in [0.2, 0.25) is 0 Å². The number of anilines is 1. The Balaban J connectivity index is 3.13. The number of benzene rings is 1. The Morgan fingerprint density at radius 1 is 1.58 bits per heavy atom. The van der Waals surface area contributed by atoms with E-state index >= 15 is 0 Å². The third-order valence-corrected chi connectivity index (χ3v) is 2.32. The number of nitrogen functional groups attached to an aromatic ring is 1. The van der Waals surface area contributed by atoms with Crippen molar-refractivity contribution in [1.82, 2.24) is 0 Å². The SMILES string of the molecule is Cc1ccc(N)c(C(=O)CI)c1. The summed E-state index contributed by atoms with van der Waals surface area (Å²) >= 11 is 2.04. The predicted octanol–water partition coefficient (Wildman–Crippen LogP) is 2.19. The van der Waals surface area contributed by atoms with E-state index < -0.39 is 0 Å². The van der Waals surface area contributed by atoms with E-state index in [1.54, 1.807) is 6.07 Å². The van der Waals surface area contributed by atoms with E-state index in [0.29, 0.717) is 15.7 Å². The minimum absolute atomic E-state index is 0.0943. The van der Waals surface area contributed by atoms with Gasteiger partial charge in [0.15, 0.2) is 5.78 Å². The van der Waals surface area contributed by atoms with E-state index in [2.05, 4.69) is 0 Å². The van der Waals surface area contributed by atoms with Crippen LogP contribution >= 0.6 is 22.6 Å².